The van der Waals surface area contributed by atoms with Gasteiger partial charge in [0.25, 0.3) is 0 Å². The predicted octanol–water partition coefficient (Wildman–Crippen LogP) is 5.39. The lowest BCUT2D eigenvalue weighted by Crippen LogP contribution is -2.34. The number of hydrogen-bond donors (Lipinski definition) is 0. The first kappa shape index (κ1) is 21.8. The lowest BCUT2D eigenvalue weighted by Gasteiger charge is -2.19. The highest BCUT2D eigenvalue weighted by Gasteiger charge is 2.60. The standard InChI is InChI=1S/C15H9ClF5N3O2.C2H6/c1-2-26-13(25)9-6-24-11(22-9)4-3-7-8(16)5-10(23-12(7)24)14(17,18)15(19,20)21;1-2/h3-6H,2H2,1H3;1-2H3. The summed E-state index contributed by atoms with van der Waals surface area (Å²) in [6.45, 7) is 5.66. The average molecular weight is 424 g/mol. The van der Waals surface area contributed by atoms with Gasteiger partial charge in [0.1, 0.15) is 17.0 Å². The normalized spacial score (nSPS) is 12.0. The van der Waals surface area contributed by atoms with Crippen molar-refractivity contribution in [1.29, 1.82) is 0 Å². The fourth-order valence-electron chi connectivity index (χ4n) is 2.30. The number of carbonyl (C=O) groups excluding carboxylic acids is 1. The van der Waals surface area contributed by atoms with Gasteiger partial charge in [-0.1, -0.05) is 25.4 Å². The summed E-state index contributed by atoms with van der Waals surface area (Å²) in [7, 11) is 0. The molecule has 0 bridgehead atoms. The molecule has 0 saturated carbocycles. The zero-order valence-electron chi connectivity index (χ0n) is 14.9. The van der Waals surface area contributed by atoms with E-state index in [9.17, 15) is 26.7 Å². The summed E-state index contributed by atoms with van der Waals surface area (Å²) in [4.78, 5) is 19.1. The molecule has 5 nitrogen and oxygen atoms in total. The maximum atomic E-state index is 13.7. The van der Waals surface area contributed by atoms with E-state index in [0.717, 1.165) is 10.6 Å². The highest BCUT2D eigenvalue weighted by molar-refractivity contribution is 6.35. The molecule has 0 radical (unpaired) electrons. The van der Waals surface area contributed by atoms with Crippen molar-refractivity contribution >= 4 is 34.3 Å². The number of ether oxygens (including phenoxy) is 1. The summed E-state index contributed by atoms with van der Waals surface area (Å²) in [5.41, 5.74) is -1.89. The zero-order chi connectivity index (χ0) is 21.3. The molecule has 0 amide bonds. The van der Waals surface area contributed by atoms with Gasteiger partial charge in [0.2, 0.25) is 0 Å². The van der Waals surface area contributed by atoms with Crippen LogP contribution < -0.4 is 0 Å². The van der Waals surface area contributed by atoms with E-state index in [2.05, 4.69) is 9.97 Å². The Morgan fingerprint density at radius 2 is 1.82 bits per heavy atom. The molecule has 0 spiro atoms. The number of halogens is 6. The molecule has 3 rings (SSSR count). The van der Waals surface area contributed by atoms with E-state index in [0.29, 0.717) is 6.07 Å². The summed E-state index contributed by atoms with van der Waals surface area (Å²) in [6, 6.07) is 3.24. The van der Waals surface area contributed by atoms with Gasteiger partial charge < -0.3 is 4.74 Å². The molecule has 0 unspecified atom stereocenters. The maximum Gasteiger partial charge on any atom is 0.459 e. The number of nitrogens with zero attached hydrogens (tertiary/aromatic N) is 3. The second kappa shape index (κ2) is 7.86. The number of rotatable bonds is 3. The Morgan fingerprint density at radius 1 is 1.18 bits per heavy atom. The van der Waals surface area contributed by atoms with Crippen molar-refractivity contribution < 1.29 is 31.5 Å². The predicted molar refractivity (Wildman–Crippen MR) is 92.8 cm³/mol. The van der Waals surface area contributed by atoms with Gasteiger partial charge in [0.15, 0.2) is 5.69 Å². The fourth-order valence-corrected chi connectivity index (χ4v) is 2.55. The molecule has 3 heterocycles. The summed E-state index contributed by atoms with van der Waals surface area (Å²) < 4.78 is 71.1. The number of imidazole rings is 1. The molecular weight excluding hydrogens is 409 g/mol. The molecule has 0 saturated heterocycles. The first-order valence-corrected chi connectivity index (χ1v) is 8.54. The summed E-state index contributed by atoms with van der Waals surface area (Å²) in [6.07, 6.45) is -4.70. The third-order valence-corrected chi connectivity index (χ3v) is 3.82. The van der Waals surface area contributed by atoms with Crippen molar-refractivity contribution in [1.82, 2.24) is 14.4 Å². The first-order valence-electron chi connectivity index (χ1n) is 8.16. The van der Waals surface area contributed by atoms with E-state index in [1.807, 2.05) is 13.8 Å². The average Bonchev–Trinajstić information content (AvgIpc) is 3.07. The highest BCUT2D eigenvalue weighted by atomic mass is 35.5. The molecular formula is C17H15ClF5N3O2. The van der Waals surface area contributed by atoms with E-state index in [4.69, 9.17) is 16.3 Å². The van der Waals surface area contributed by atoms with Gasteiger partial charge in [-0.25, -0.2) is 14.8 Å². The number of aromatic nitrogens is 3. The molecule has 0 aliphatic heterocycles. The van der Waals surface area contributed by atoms with Crippen molar-refractivity contribution in [2.24, 2.45) is 0 Å². The number of carbonyl (C=O) groups is 1. The smallest absolute Gasteiger partial charge is 0.459 e. The van der Waals surface area contributed by atoms with Gasteiger partial charge in [0, 0.05) is 11.6 Å². The van der Waals surface area contributed by atoms with Gasteiger partial charge in [-0.05, 0) is 25.1 Å². The number of esters is 1. The lowest BCUT2D eigenvalue weighted by atomic mass is 10.1. The van der Waals surface area contributed by atoms with Gasteiger partial charge >= 0.3 is 18.1 Å². The molecule has 3 aromatic heterocycles. The van der Waals surface area contributed by atoms with Crippen LogP contribution >= 0.6 is 11.6 Å². The lowest BCUT2D eigenvalue weighted by molar-refractivity contribution is -0.290. The van der Waals surface area contributed by atoms with Gasteiger partial charge in [0.05, 0.1) is 11.6 Å². The van der Waals surface area contributed by atoms with E-state index in [-0.39, 0.29) is 34.0 Å². The van der Waals surface area contributed by atoms with Crippen molar-refractivity contribution in [3.8, 4) is 0 Å². The summed E-state index contributed by atoms with van der Waals surface area (Å²) >= 11 is 5.87. The molecule has 0 aromatic carbocycles. The quantitative estimate of drug-likeness (QED) is 0.418. The number of fused-ring (bicyclic) bond motifs is 3. The molecule has 0 N–H and O–H groups in total. The SMILES string of the molecule is CC.CCOC(=O)c1cn2c(ccc3c(Cl)cc(C(F)(F)C(F)(F)F)nc32)n1. The molecule has 0 atom stereocenters. The molecule has 152 valence electrons. The third kappa shape index (κ3) is 3.73. The van der Waals surface area contributed by atoms with Gasteiger partial charge in [-0.3, -0.25) is 4.40 Å². The van der Waals surface area contributed by atoms with Crippen LogP contribution in [0.4, 0.5) is 22.0 Å². The van der Waals surface area contributed by atoms with Crippen LogP contribution in [-0.4, -0.2) is 33.1 Å². The summed E-state index contributed by atoms with van der Waals surface area (Å²) in [5.74, 6) is -5.97. The van der Waals surface area contributed by atoms with Crippen LogP contribution in [0.3, 0.4) is 0 Å². The minimum absolute atomic E-state index is 0.0828. The van der Waals surface area contributed by atoms with E-state index >= 15 is 0 Å². The van der Waals surface area contributed by atoms with Gasteiger partial charge in [-0.15, -0.1) is 0 Å². The van der Waals surface area contributed by atoms with E-state index < -0.39 is 23.8 Å². The third-order valence-electron chi connectivity index (χ3n) is 3.51. The number of alkyl halides is 5. The van der Waals surface area contributed by atoms with Crippen LogP contribution in [0.25, 0.3) is 16.7 Å². The highest BCUT2D eigenvalue weighted by Crippen LogP contribution is 2.44. The van der Waals surface area contributed by atoms with E-state index in [1.165, 1.54) is 12.1 Å². The van der Waals surface area contributed by atoms with E-state index in [1.54, 1.807) is 6.92 Å². The molecule has 0 fully saturated rings. The Labute approximate surface area is 161 Å². The van der Waals surface area contributed by atoms with Crippen molar-refractivity contribution in [2.45, 2.75) is 32.9 Å². The summed E-state index contributed by atoms with van der Waals surface area (Å²) in [5, 5.41) is -0.226. The zero-order valence-corrected chi connectivity index (χ0v) is 15.7. The second-order valence-corrected chi connectivity index (χ2v) is 5.61. The largest absolute Gasteiger partial charge is 0.461 e. The Balaban J connectivity index is 0.00000136. The van der Waals surface area contributed by atoms with Crippen molar-refractivity contribution in [2.75, 3.05) is 6.61 Å². The Morgan fingerprint density at radius 3 is 2.39 bits per heavy atom. The van der Waals surface area contributed by atoms with Crippen LogP contribution in [0.1, 0.15) is 37.0 Å². The topological polar surface area (TPSA) is 56.5 Å². The number of hydrogen-bond acceptors (Lipinski definition) is 4. The van der Waals surface area contributed by atoms with Crippen LogP contribution in [-0.2, 0) is 10.7 Å². The minimum atomic E-state index is -5.84. The molecule has 28 heavy (non-hydrogen) atoms. The fraction of sp³-hybridized carbons (Fsp3) is 0.353. The molecule has 3 aromatic rings. The maximum absolute atomic E-state index is 13.7. The van der Waals surface area contributed by atoms with Crippen molar-refractivity contribution in [3.63, 3.8) is 0 Å². The Bertz CT molecular complexity index is 1020. The molecule has 11 heteroatoms. The molecule has 0 aliphatic rings. The van der Waals surface area contributed by atoms with Crippen LogP contribution in [0, 0.1) is 0 Å². The van der Waals surface area contributed by atoms with Crippen LogP contribution in [0.2, 0.25) is 5.02 Å². The van der Waals surface area contributed by atoms with Crippen LogP contribution in [0.5, 0.6) is 0 Å². The van der Waals surface area contributed by atoms with Crippen molar-refractivity contribution in [3.05, 3.63) is 40.8 Å². The first-order chi connectivity index (χ1) is 13.1. The Kier molecular flexibility index (Phi) is 6.12. The Hall–Kier alpha value is -2.49. The van der Waals surface area contributed by atoms with Gasteiger partial charge in [-0.2, -0.15) is 22.0 Å². The number of pyridine rings is 2. The monoisotopic (exact) mass is 423 g/mol. The molecule has 0 aliphatic carbocycles. The van der Waals surface area contributed by atoms with Crippen LogP contribution in [0.15, 0.2) is 24.4 Å². The second-order valence-electron chi connectivity index (χ2n) is 5.21. The minimum Gasteiger partial charge on any atom is -0.461 e.